The minimum atomic E-state index is -1.18. The molecule has 0 aliphatic carbocycles. The predicted octanol–water partition coefficient (Wildman–Crippen LogP) is 4.42. The van der Waals surface area contributed by atoms with Gasteiger partial charge < -0.3 is 29.4 Å². The third-order valence-corrected chi connectivity index (χ3v) is 9.85. The van der Waals surface area contributed by atoms with Gasteiger partial charge in [-0.3, -0.25) is 14.4 Å². The van der Waals surface area contributed by atoms with Gasteiger partial charge in [-0.2, -0.15) is 0 Å². The zero-order chi connectivity index (χ0) is 32.3. The molecule has 2 aromatic carbocycles. The van der Waals surface area contributed by atoms with Crippen molar-refractivity contribution in [3.63, 3.8) is 0 Å². The summed E-state index contributed by atoms with van der Waals surface area (Å²) in [6, 6.07) is 15.6. The lowest BCUT2D eigenvalue weighted by Gasteiger charge is -2.39. The van der Waals surface area contributed by atoms with Gasteiger partial charge in [0.1, 0.15) is 11.6 Å². The lowest BCUT2D eigenvalue weighted by Crippen LogP contribution is -2.59. The van der Waals surface area contributed by atoms with Crippen LogP contribution < -0.4 is 14.7 Å². The minimum absolute atomic E-state index is 0.217. The Morgan fingerprint density at radius 1 is 0.956 bits per heavy atom. The van der Waals surface area contributed by atoms with E-state index in [9.17, 15) is 19.5 Å². The zero-order valence-corrected chi connectivity index (χ0v) is 26.7. The summed E-state index contributed by atoms with van der Waals surface area (Å²) < 4.78 is 6.70. The number of nitrogens with zero attached hydrogens (tertiary/aromatic N) is 4. The maximum absolute atomic E-state index is 14.8. The number of aliphatic hydroxyl groups is 1. The van der Waals surface area contributed by atoms with E-state index < -0.39 is 35.6 Å². The molecule has 9 nitrogen and oxygen atoms in total. The van der Waals surface area contributed by atoms with Crippen molar-refractivity contribution < 1.29 is 24.2 Å². The van der Waals surface area contributed by atoms with Crippen molar-refractivity contribution in [3.05, 3.63) is 79.9 Å². The first-order valence-corrected chi connectivity index (χ1v) is 16.2. The van der Waals surface area contributed by atoms with E-state index in [0.717, 1.165) is 18.8 Å². The topological polar surface area (TPSA) is 93.6 Å². The Morgan fingerprint density at radius 3 is 2.09 bits per heavy atom. The van der Waals surface area contributed by atoms with E-state index in [0.29, 0.717) is 30.6 Å². The van der Waals surface area contributed by atoms with Crippen molar-refractivity contribution in [3.8, 4) is 0 Å². The van der Waals surface area contributed by atoms with Crippen LogP contribution in [0.3, 0.4) is 0 Å². The molecule has 3 heterocycles. The average Bonchev–Trinajstić information content (AvgIpc) is 3.71. The Kier molecular flexibility index (Phi) is 9.79. The highest BCUT2D eigenvalue weighted by atomic mass is 16.5. The summed E-state index contributed by atoms with van der Waals surface area (Å²) in [4.78, 5) is 50.8. The maximum Gasteiger partial charge on any atom is 0.253 e. The van der Waals surface area contributed by atoms with Crippen LogP contribution in [0.4, 0.5) is 17.1 Å². The molecule has 9 heteroatoms. The minimum Gasteiger partial charge on any atom is -0.394 e. The monoisotopic (exact) mass is 614 g/mol. The normalized spacial score (nSPS) is 25.5. The molecule has 0 aromatic heterocycles. The fourth-order valence-corrected chi connectivity index (χ4v) is 7.73. The van der Waals surface area contributed by atoms with E-state index >= 15 is 0 Å². The second-order valence-corrected chi connectivity index (χ2v) is 12.0. The molecule has 2 bridgehead atoms. The van der Waals surface area contributed by atoms with Gasteiger partial charge in [-0.1, -0.05) is 37.3 Å². The quantitative estimate of drug-likeness (QED) is 0.317. The number of para-hydroxylation sites is 1. The van der Waals surface area contributed by atoms with E-state index in [1.165, 1.54) is 4.90 Å². The molecule has 2 unspecified atom stereocenters. The number of ether oxygens (including phenoxy) is 1. The summed E-state index contributed by atoms with van der Waals surface area (Å²) in [6.07, 6.45) is 4.33. The van der Waals surface area contributed by atoms with Gasteiger partial charge in [-0.05, 0) is 69.5 Å². The van der Waals surface area contributed by atoms with Gasteiger partial charge in [0.2, 0.25) is 11.8 Å². The van der Waals surface area contributed by atoms with E-state index in [1.807, 2.05) is 61.5 Å². The number of rotatable bonds is 14. The summed E-state index contributed by atoms with van der Waals surface area (Å²) in [7, 11) is 0. The molecule has 1 N–H and O–H groups in total. The molecular weight excluding hydrogens is 568 g/mol. The van der Waals surface area contributed by atoms with Crippen LogP contribution in [0.5, 0.6) is 0 Å². The van der Waals surface area contributed by atoms with Crippen molar-refractivity contribution in [1.29, 1.82) is 0 Å². The van der Waals surface area contributed by atoms with Gasteiger partial charge in [0.15, 0.2) is 0 Å². The van der Waals surface area contributed by atoms with Crippen molar-refractivity contribution in [2.75, 3.05) is 47.5 Å². The van der Waals surface area contributed by atoms with Crippen molar-refractivity contribution in [2.45, 2.75) is 63.8 Å². The van der Waals surface area contributed by atoms with Crippen LogP contribution in [0.1, 0.15) is 40.0 Å². The Bertz CT molecular complexity index is 1390. The SMILES string of the molecule is C=CCN(C(=O)C1N([C@@H](CC)CO)C(=O)[C@@H]2[C@H](C(=O)N(CC=C)c3ccccc3)[C@@H]3CCC12O3)c1ccc(N(CC)CC)cc1. The van der Waals surface area contributed by atoms with Crippen molar-refractivity contribution in [1.82, 2.24) is 4.90 Å². The third kappa shape index (κ3) is 5.46. The van der Waals surface area contributed by atoms with Crippen LogP contribution in [0.25, 0.3) is 0 Å². The predicted molar refractivity (Wildman–Crippen MR) is 177 cm³/mol. The van der Waals surface area contributed by atoms with E-state index in [2.05, 4.69) is 31.9 Å². The number of amides is 3. The third-order valence-electron chi connectivity index (χ3n) is 9.85. The van der Waals surface area contributed by atoms with Gasteiger partial charge in [0, 0.05) is 43.2 Å². The summed E-state index contributed by atoms with van der Waals surface area (Å²) in [5.41, 5.74) is 1.26. The smallest absolute Gasteiger partial charge is 0.253 e. The number of carbonyl (C=O) groups excluding carboxylic acids is 3. The lowest BCUT2D eigenvalue weighted by atomic mass is 9.70. The number of anilines is 3. The number of likely N-dealkylation sites (tertiary alicyclic amines) is 1. The van der Waals surface area contributed by atoms with Gasteiger partial charge >= 0.3 is 0 Å². The first-order chi connectivity index (χ1) is 21.8. The molecule has 45 heavy (non-hydrogen) atoms. The number of benzene rings is 2. The van der Waals surface area contributed by atoms with Gasteiger partial charge in [0.05, 0.1) is 30.6 Å². The van der Waals surface area contributed by atoms with Crippen molar-refractivity contribution >= 4 is 34.8 Å². The lowest BCUT2D eigenvalue weighted by molar-refractivity contribution is -0.144. The molecule has 3 saturated heterocycles. The van der Waals surface area contributed by atoms with Gasteiger partial charge in [-0.15, -0.1) is 13.2 Å². The summed E-state index contributed by atoms with van der Waals surface area (Å²) in [5, 5.41) is 10.4. The number of aliphatic hydroxyl groups excluding tert-OH is 1. The first kappa shape index (κ1) is 32.4. The van der Waals surface area contributed by atoms with Crippen molar-refractivity contribution in [2.24, 2.45) is 11.8 Å². The number of hydrogen-bond acceptors (Lipinski definition) is 6. The summed E-state index contributed by atoms with van der Waals surface area (Å²) in [5.74, 6) is -2.43. The fraction of sp³-hybridized carbons (Fsp3) is 0.472. The van der Waals surface area contributed by atoms with E-state index in [-0.39, 0.29) is 37.4 Å². The Labute approximate surface area is 266 Å². The zero-order valence-electron chi connectivity index (χ0n) is 26.7. The molecular formula is C36H46N4O5. The first-order valence-electron chi connectivity index (χ1n) is 16.2. The van der Waals surface area contributed by atoms with Gasteiger partial charge in [0.25, 0.3) is 5.91 Å². The average molecular weight is 615 g/mol. The number of carbonyl (C=O) groups is 3. The highest BCUT2D eigenvalue weighted by Crippen LogP contribution is 2.59. The second-order valence-electron chi connectivity index (χ2n) is 12.0. The maximum atomic E-state index is 14.8. The molecule has 0 saturated carbocycles. The molecule has 3 aliphatic heterocycles. The molecule has 0 radical (unpaired) electrons. The summed E-state index contributed by atoms with van der Waals surface area (Å²) >= 11 is 0. The number of fused-ring (bicyclic) bond motifs is 1. The Morgan fingerprint density at radius 2 is 1.53 bits per heavy atom. The Hall–Kier alpha value is -3.95. The van der Waals surface area contributed by atoms with Crippen LogP contribution in [0.15, 0.2) is 79.9 Å². The second kappa shape index (κ2) is 13.6. The molecule has 1 spiro atoms. The molecule has 2 aromatic rings. The van der Waals surface area contributed by atoms with Gasteiger partial charge in [-0.25, -0.2) is 0 Å². The molecule has 5 rings (SSSR count). The highest BCUT2D eigenvalue weighted by molar-refractivity contribution is 6.06. The summed E-state index contributed by atoms with van der Waals surface area (Å²) in [6.45, 7) is 15.8. The van der Waals surface area contributed by atoms with Crippen LogP contribution in [0, 0.1) is 11.8 Å². The Balaban J connectivity index is 1.56. The molecule has 3 amide bonds. The highest BCUT2D eigenvalue weighted by Gasteiger charge is 2.75. The molecule has 3 aliphatic rings. The van der Waals surface area contributed by atoms with Crippen LogP contribution in [-0.2, 0) is 19.1 Å². The van der Waals surface area contributed by atoms with Crippen LogP contribution in [0.2, 0.25) is 0 Å². The largest absolute Gasteiger partial charge is 0.394 e. The fourth-order valence-electron chi connectivity index (χ4n) is 7.73. The van der Waals surface area contributed by atoms with Crippen LogP contribution in [-0.4, -0.2) is 84.3 Å². The molecule has 6 atom stereocenters. The molecule has 3 fully saturated rings. The van der Waals surface area contributed by atoms with E-state index in [4.69, 9.17) is 4.74 Å². The molecule has 240 valence electrons. The van der Waals surface area contributed by atoms with Crippen LogP contribution >= 0.6 is 0 Å². The number of hydrogen-bond donors (Lipinski definition) is 1. The standard InChI is InChI=1S/C36H46N4O5/c1-6-22-38(27-14-12-11-13-15-27)33(42)30-29-20-21-36(45-29)31(30)34(43)40(25(8-3)24-41)32(36)35(44)39(23-7-2)28-18-16-26(17-19-28)37(9-4)10-5/h6-7,11-19,25,29-32,41H,1-2,8-10,20-24H2,3-5H3/t25-,29-,30+,31-,32?,36?/m0/s1. The van der Waals surface area contributed by atoms with E-state index in [1.54, 1.807) is 22.0 Å².